The van der Waals surface area contributed by atoms with E-state index in [2.05, 4.69) is 12.8 Å². The fourth-order valence-electron chi connectivity index (χ4n) is 2.52. The molecule has 0 aliphatic heterocycles. The molecule has 0 unspecified atom stereocenters. The first kappa shape index (κ1) is 16.3. The number of aromatic carboxylic acids is 1. The second kappa shape index (κ2) is 6.82. The highest BCUT2D eigenvalue weighted by Gasteiger charge is 2.09. The van der Waals surface area contributed by atoms with Crippen LogP contribution in [0.2, 0.25) is 0 Å². The van der Waals surface area contributed by atoms with E-state index in [0.29, 0.717) is 0 Å². The highest BCUT2D eigenvalue weighted by atomic mass is 16.4. The van der Waals surface area contributed by atoms with E-state index in [0.717, 1.165) is 27.7 Å². The van der Waals surface area contributed by atoms with Gasteiger partial charge >= 0.3 is 5.97 Å². The molecule has 1 aromatic heterocycles. The minimum Gasteiger partial charge on any atom is -0.478 e. The maximum atomic E-state index is 10.9. The second-order valence-corrected chi connectivity index (χ2v) is 5.04. The van der Waals surface area contributed by atoms with E-state index < -0.39 is 5.97 Å². The summed E-state index contributed by atoms with van der Waals surface area (Å²) in [6.07, 6.45) is 10.0. The summed E-state index contributed by atoms with van der Waals surface area (Å²) in [7, 11) is 0. The van der Waals surface area contributed by atoms with E-state index in [1.165, 1.54) is 0 Å². The van der Waals surface area contributed by atoms with Crippen molar-refractivity contribution in [3.63, 3.8) is 0 Å². The van der Waals surface area contributed by atoms with Crippen LogP contribution in [0, 0.1) is 19.8 Å². The smallest absolute Gasteiger partial charge is 0.335 e. The molecule has 1 heterocycles. The molecular formula is C19H17NO3. The Morgan fingerprint density at radius 1 is 1.13 bits per heavy atom. The Morgan fingerprint density at radius 2 is 1.78 bits per heavy atom. The van der Waals surface area contributed by atoms with Crippen LogP contribution >= 0.6 is 0 Å². The quantitative estimate of drug-likeness (QED) is 0.729. The summed E-state index contributed by atoms with van der Waals surface area (Å²) in [4.78, 5) is 10.9. The van der Waals surface area contributed by atoms with E-state index >= 15 is 0 Å². The molecule has 0 bridgehead atoms. The predicted octanol–water partition coefficient (Wildman–Crippen LogP) is 3.38. The van der Waals surface area contributed by atoms with Gasteiger partial charge in [0, 0.05) is 17.3 Å². The molecule has 3 rings (SSSR count). The van der Waals surface area contributed by atoms with Crippen molar-refractivity contribution >= 4 is 16.9 Å². The van der Waals surface area contributed by atoms with Gasteiger partial charge in [0.15, 0.2) is 0 Å². The molecule has 116 valence electrons. The Labute approximate surface area is 134 Å². The molecule has 0 spiro atoms. The molecule has 0 aliphatic rings. The molecular weight excluding hydrogens is 290 g/mol. The summed E-state index contributed by atoms with van der Waals surface area (Å²) in [6, 6.07) is 12.6. The van der Waals surface area contributed by atoms with Crippen LogP contribution in [0.4, 0.5) is 0 Å². The van der Waals surface area contributed by atoms with Gasteiger partial charge in [-0.25, -0.2) is 4.79 Å². The zero-order valence-corrected chi connectivity index (χ0v) is 12.7. The van der Waals surface area contributed by atoms with Crippen molar-refractivity contribution in [3.8, 4) is 18.5 Å². The van der Waals surface area contributed by atoms with Crippen molar-refractivity contribution in [1.29, 1.82) is 0 Å². The van der Waals surface area contributed by atoms with Gasteiger partial charge in [0.25, 0.3) is 0 Å². The van der Waals surface area contributed by atoms with Gasteiger partial charge in [-0.3, -0.25) is 0 Å². The Morgan fingerprint density at radius 3 is 2.35 bits per heavy atom. The van der Waals surface area contributed by atoms with Crippen molar-refractivity contribution in [2.75, 3.05) is 0 Å². The third-order valence-electron chi connectivity index (χ3n) is 3.64. The third kappa shape index (κ3) is 3.10. The third-order valence-corrected chi connectivity index (χ3v) is 3.64. The number of nitrogens with zero attached hydrogens (tertiary/aromatic N) is 1. The molecule has 0 atom stereocenters. The summed E-state index contributed by atoms with van der Waals surface area (Å²) in [6.45, 7) is 2.03. The van der Waals surface area contributed by atoms with E-state index in [4.69, 9.17) is 5.11 Å². The van der Waals surface area contributed by atoms with Crippen LogP contribution < -0.4 is 0 Å². The number of carboxylic acid groups (broad SMARTS) is 1. The van der Waals surface area contributed by atoms with Crippen molar-refractivity contribution < 1.29 is 15.0 Å². The number of aliphatic hydroxyl groups excluding tert-OH is 1. The van der Waals surface area contributed by atoms with Gasteiger partial charge in [-0.1, -0.05) is 12.1 Å². The van der Waals surface area contributed by atoms with Crippen molar-refractivity contribution in [2.24, 2.45) is 0 Å². The Bertz CT molecular complexity index is 857. The molecule has 4 nitrogen and oxygen atoms in total. The fourth-order valence-corrected chi connectivity index (χ4v) is 2.52. The number of carbonyl (C=O) groups is 1. The van der Waals surface area contributed by atoms with Crippen LogP contribution in [0.3, 0.4) is 0 Å². The number of terminal acetylenes is 1. The molecule has 2 N–H and O–H groups in total. The largest absolute Gasteiger partial charge is 0.478 e. The van der Waals surface area contributed by atoms with Gasteiger partial charge in [0.1, 0.15) is 0 Å². The molecule has 0 aliphatic carbocycles. The van der Waals surface area contributed by atoms with Gasteiger partial charge < -0.3 is 14.8 Å². The van der Waals surface area contributed by atoms with Crippen LogP contribution in [0.1, 0.15) is 21.5 Å². The van der Waals surface area contributed by atoms with Crippen molar-refractivity contribution in [1.82, 2.24) is 4.57 Å². The molecule has 0 radical (unpaired) electrons. The van der Waals surface area contributed by atoms with Gasteiger partial charge in [-0.2, -0.15) is 0 Å². The van der Waals surface area contributed by atoms with Gasteiger partial charge in [0.05, 0.1) is 17.7 Å². The SMILES string of the molecule is C#C.Cc1cn(-c2ccc(C(=O)O)cc2)c2cc(CO)ccc12. The lowest BCUT2D eigenvalue weighted by Gasteiger charge is -2.07. The predicted molar refractivity (Wildman–Crippen MR) is 90.8 cm³/mol. The Hall–Kier alpha value is -3.03. The number of carboxylic acids is 1. The van der Waals surface area contributed by atoms with Crippen LogP contribution in [0.25, 0.3) is 16.6 Å². The fraction of sp³-hybridized carbons (Fsp3) is 0.105. The topological polar surface area (TPSA) is 62.5 Å². The molecule has 0 saturated carbocycles. The van der Waals surface area contributed by atoms with Crippen LogP contribution in [0.5, 0.6) is 0 Å². The number of benzene rings is 2. The lowest BCUT2D eigenvalue weighted by molar-refractivity contribution is 0.0697. The molecule has 4 heteroatoms. The highest BCUT2D eigenvalue weighted by Crippen LogP contribution is 2.25. The number of hydrogen-bond acceptors (Lipinski definition) is 2. The average molecular weight is 307 g/mol. The lowest BCUT2D eigenvalue weighted by atomic mass is 10.1. The number of aryl methyl sites for hydroxylation is 1. The number of aromatic nitrogens is 1. The van der Waals surface area contributed by atoms with Gasteiger partial charge in [0.2, 0.25) is 0 Å². The minimum absolute atomic E-state index is 0.00187. The molecule has 0 saturated heterocycles. The van der Waals surface area contributed by atoms with Crippen LogP contribution in [-0.2, 0) is 6.61 Å². The Balaban J connectivity index is 0.000000924. The van der Waals surface area contributed by atoms with Gasteiger partial charge in [-0.15, -0.1) is 12.8 Å². The number of aliphatic hydroxyl groups is 1. The normalized spacial score (nSPS) is 10.1. The first-order chi connectivity index (χ1) is 11.1. The van der Waals surface area contributed by atoms with E-state index in [1.54, 1.807) is 24.3 Å². The maximum absolute atomic E-state index is 10.9. The van der Waals surface area contributed by atoms with E-state index in [9.17, 15) is 9.90 Å². The number of fused-ring (bicyclic) bond motifs is 1. The standard InChI is InChI=1S/C17H15NO3.C2H2/c1-11-9-18(14-5-3-13(4-6-14)17(20)21)16-8-12(10-19)2-7-15(11)16;1-2/h2-9,19H,10H2,1H3,(H,20,21);1-2H. The summed E-state index contributed by atoms with van der Waals surface area (Å²) in [5, 5.41) is 19.4. The van der Waals surface area contributed by atoms with E-state index in [-0.39, 0.29) is 12.2 Å². The summed E-state index contributed by atoms with van der Waals surface area (Å²) >= 11 is 0. The minimum atomic E-state index is -0.933. The highest BCUT2D eigenvalue weighted by molar-refractivity contribution is 5.88. The Kier molecular flexibility index (Phi) is 4.85. The summed E-state index contributed by atoms with van der Waals surface area (Å²) in [5.74, 6) is -0.933. The average Bonchev–Trinajstić information content (AvgIpc) is 2.93. The summed E-state index contributed by atoms with van der Waals surface area (Å²) < 4.78 is 2.01. The first-order valence-corrected chi connectivity index (χ1v) is 6.98. The molecule has 0 fully saturated rings. The van der Waals surface area contributed by atoms with Gasteiger partial charge in [-0.05, 0) is 48.4 Å². The lowest BCUT2D eigenvalue weighted by Crippen LogP contribution is -1.98. The monoisotopic (exact) mass is 307 g/mol. The maximum Gasteiger partial charge on any atom is 0.335 e. The summed E-state index contributed by atoms with van der Waals surface area (Å²) in [5.41, 5.74) is 4.15. The molecule has 3 aromatic rings. The molecule has 23 heavy (non-hydrogen) atoms. The molecule has 0 amide bonds. The second-order valence-electron chi connectivity index (χ2n) is 5.04. The van der Waals surface area contributed by atoms with Crippen molar-refractivity contribution in [3.05, 3.63) is 65.4 Å². The molecule has 2 aromatic carbocycles. The zero-order chi connectivity index (χ0) is 17.0. The first-order valence-electron chi connectivity index (χ1n) is 6.98. The van der Waals surface area contributed by atoms with Crippen molar-refractivity contribution in [2.45, 2.75) is 13.5 Å². The zero-order valence-electron chi connectivity index (χ0n) is 12.7. The van der Waals surface area contributed by atoms with Crippen LogP contribution in [0.15, 0.2) is 48.7 Å². The van der Waals surface area contributed by atoms with Crippen LogP contribution in [-0.4, -0.2) is 20.7 Å². The number of hydrogen-bond donors (Lipinski definition) is 2. The van der Waals surface area contributed by atoms with E-state index in [1.807, 2.05) is 35.9 Å². The number of rotatable bonds is 3.